The summed E-state index contributed by atoms with van der Waals surface area (Å²) in [4.78, 5) is 27.7. The summed E-state index contributed by atoms with van der Waals surface area (Å²) in [6, 6.07) is 17.1. The van der Waals surface area contributed by atoms with Gasteiger partial charge in [-0.15, -0.1) is 11.3 Å². The second kappa shape index (κ2) is 6.93. The highest BCUT2D eigenvalue weighted by atomic mass is 32.1. The van der Waals surface area contributed by atoms with E-state index in [4.69, 9.17) is 10.2 Å². The maximum absolute atomic E-state index is 12.4. The van der Waals surface area contributed by atoms with Gasteiger partial charge < -0.3 is 20.8 Å². The number of para-hydroxylation sites is 1. The van der Waals surface area contributed by atoms with E-state index in [1.165, 1.54) is 11.3 Å². The van der Waals surface area contributed by atoms with Crippen molar-refractivity contribution in [3.8, 4) is 10.8 Å². The second-order valence-corrected chi connectivity index (χ2v) is 6.70. The molecule has 0 saturated carbocycles. The molecule has 0 saturated heterocycles. The first-order valence-electron chi connectivity index (χ1n) is 8.02. The van der Waals surface area contributed by atoms with E-state index >= 15 is 0 Å². The standard InChI is InChI=1S/C19H14N4O3S/c20-19(25)22-12-7-5-11(6-8-12)21-17(24)14-9-10-15(26-14)18-23-13-3-1-2-4-16(13)27-18/h1-10H,(H,21,24)(H3,20,22,25). The fraction of sp³-hybridized carbons (Fsp3) is 0. The van der Waals surface area contributed by atoms with Gasteiger partial charge in [0, 0.05) is 11.4 Å². The molecule has 0 unspecified atom stereocenters. The highest BCUT2D eigenvalue weighted by Gasteiger charge is 2.15. The highest BCUT2D eigenvalue weighted by Crippen LogP contribution is 2.31. The predicted octanol–water partition coefficient (Wildman–Crippen LogP) is 4.30. The monoisotopic (exact) mass is 378 g/mol. The summed E-state index contributed by atoms with van der Waals surface area (Å²) < 4.78 is 6.73. The maximum Gasteiger partial charge on any atom is 0.316 e. The summed E-state index contributed by atoms with van der Waals surface area (Å²) in [6.45, 7) is 0. The number of hydrogen-bond donors (Lipinski definition) is 3. The van der Waals surface area contributed by atoms with Gasteiger partial charge in [-0.2, -0.15) is 0 Å². The first-order valence-corrected chi connectivity index (χ1v) is 8.84. The summed E-state index contributed by atoms with van der Waals surface area (Å²) in [5.74, 6) is 0.351. The summed E-state index contributed by atoms with van der Waals surface area (Å²) in [5, 5.41) is 5.91. The van der Waals surface area contributed by atoms with Crippen molar-refractivity contribution in [2.45, 2.75) is 0 Å². The number of amides is 3. The molecule has 27 heavy (non-hydrogen) atoms. The van der Waals surface area contributed by atoms with Crippen LogP contribution in [0.25, 0.3) is 21.0 Å². The molecule has 3 amide bonds. The molecule has 2 aromatic carbocycles. The molecule has 4 aromatic rings. The Hall–Kier alpha value is -3.65. The molecule has 4 N–H and O–H groups in total. The molecule has 0 atom stereocenters. The number of fused-ring (bicyclic) bond motifs is 1. The van der Waals surface area contributed by atoms with Crippen LogP contribution in [0.4, 0.5) is 16.2 Å². The Morgan fingerprint density at radius 3 is 2.33 bits per heavy atom. The first kappa shape index (κ1) is 16.8. The van der Waals surface area contributed by atoms with Crippen LogP contribution in [0.5, 0.6) is 0 Å². The number of primary amides is 1. The number of benzene rings is 2. The molecule has 0 aliphatic heterocycles. The molecule has 8 heteroatoms. The zero-order valence-corrected chi connectivity index (χ0v) is 14.7. The van der Waals surface area contributed by atoms with Crippen LogP contribution < -0.4 is 16.4 Å². The predicted molar refractivity (Wildman–Crippen MR) is 105 cm³/mol. The van der Waals surface area contributed by atoms with E-state index in [9.17, 15) is 9.59 Å². The van der Waals surface area contributed by atoms with Crippen molar-refractivity contribution >= 4 is 44.9 Å². The minimum Gasteiger partial charge on any atom is -0.448 e. The van der Waals surface area contributed by atoms with Gasteiger partial charge in [0.15, 0.2) is 16.5 Å². The third-order valence-corrected chi connectivity index (χ3v) is 4.80. The zero-order chi connectivity index (χ0) is 18.8. The second-order valence-electron chi connectivity index (χ2n) is 5.67. The Morgan fingerprint density at radius 2 is 1.63 bits per heavy atom. The molecular formula is C19H14N4O3S. The molecule has 4 rings (SSSR count). The summed E-state index contributed by atoms with van der Waals surface area (Å²) in [7, 11) is 0. The number of aromatic nitrogens is 1. The van der Waals surface area contributed by atoms with E-state index in [0.717, 1.165) is 15.2 Å². The zero-order valence-electron chi connectivity index (χ0n) is 13.9. The summed E-state index contributed by atoms with van der Waals surface area (Å²) in [5.41, 5.74) is 7.05. The molecule has 0 spiro atoms. The smallest absolute Gasteiger partial charge is 0.316 e. The molecule has 0 fully saturated rings. The molecule has 0 bridgehead atoms. The number of nitrogens with zero attached hydrogens (tertiary/aromatic N) is 1. The lowest BCUT2D eigenvalue weighted by Crippen LogP contribution is -2.19. The Morgan fingerprint density at radius 1 is 0.926 bits per heavy atom. The van der Waals surface area contributed by atoms with Crippen LogP contribution in [-0.4, -0.2) is 16.9 Å². The van der Waals surface area contributed by atoms with E-state index in [0.29, 0.717) is 17.1 Å². The van der Waals surface area contributed by atoms with Crippen molar-refractivity contribution in [2.75, 3.05) is 10.6 Å². The number of furan rings is 1. The molecule has 134 valence electrons. The van der Waals surface area contributed by atoms with Crippen LogP contribution >= 0.6 is 11.3 Å². The molecule has 2 heterocycles. The van der Waals surface area contributed by atoms with Crippen molar-refractivity contribution in [3.05, 3.63) is 66.4 Å². The van der Waals surface area contributed by atoms with Gasteiger partial charge in [0.05, 0.1) is 10.2 Å². The van der Waals surface area contributed by atoms with Crippen molar-refractivity contribution in [1.29, 1.82) is 0 Å². The molecule has 0 aliphatic rings. The minimum absolute atomic E-state index is 0.184. The number of carbonyl (C=O) groups excluding carboxylic acids is 2. The lowest BCUT2D eigenvalue weighted by molar-refractivity contribution is 0.0997. The van der Waals surface area contributed by atoms with E-state index in [2.05, 4.69) is 15.6 Å². The Labute approximate surface area is 157 Å². The molecule has 7 nitrogen and oxygen atoms in total. The number of anilines is 2. The molecular weight excluding hydrogens is 364 g/mol. The molecule has 0 aliphatic carbocycles. The number of hydrogen-bond acceptors (Lipinski definition) is 5. The van der Waals surface area contributed by atoms with Crippen LogP contribution in [0.15, 0.2) is 65.1 Å². The third kappa shape index (κ3) is 3.65. The van der Waals surface area contributed by atoms with Gasteiger partial charge in [0.25, 0.3) is 5.91 Å². The molecule has 2 aromatic heterocycles. The van der Waals surface area contributed by atoms with Gasteiger partial charge in [-0.25, -0.2) is 9.78 Å². The number of carbonyl (C=O) groups is 2. The normalized spacial score (nSPS) is 10.7. The van der Waals surface area contributed by atoms with Crippen LogP contribution in [0, 0.1) is 0 Å². The minimum atomic E-state index is -0.648. The van der Waals surface area contributed by atoms with E-state index in [1.807, 2.05) is 24.3 Å². The average molecular weight is 378 g/mol. The Kier molecular flexibility index (Phi) is 4.31. The lowest BCUT2D eigenvalue weighted by Gasteiger charge is -2.05. The number of rotatable bonds is 4. The fourth-order valence-corrected chi connectivity index (χ4v) is 3.45. The number of thiazole rings is 1. The molecule has 0 radical (unpaired) electrons. The van der Waals surface area contributed by atoms with Gasteiger partial charge in [-0.05, 0) is 48.5 Å². The van der Waals surface area contributed by atoms with Gasteiger partial charge in [-0.1, -0.05) is 12.1 Å². The van der Waals surface area contributed by atoms with Crippen molar-refractivity contribution in [3.63, 3.8) is 0 Å². The SMILES string of the molecule is NC(=O)Nc1ccc(NC(=O)c2ccc(-c3nc4ccccc4s3)o2)cc1. The first-order chi connectivity index (χ1) is 13.1. The highest BCUT2D eigenvalue weighted by molar-refractivity contribution is 7.21. The van der Waals surface area contributed by atoms with E-state index in [1.54, 1.807) is 36.4 Å². The third-order valence-electron chi connectivity index (χ3n) is 3.74. The summed E-state index contributed by atoms with van der Waals surface area (Å²) in [6.07, 6.45) is 0. The number of urea groups is 1. The van der Waals surface area contributed by atoms with E-state index in [-0.39, 0.29) is 11.7 Å². The summed E-state index contributed by atoms with van der Waals surface area (Å²) >= 11 is 1.50. The van der Waals surface area contributed by atoms with Gasteiger partial charge in [0.1, 0.15) is 0 Å². The van der Waals surface area contributed by atoms with Gasteiger partial charge in [0.2, 0.25) is 0 Å². The van der Waals surface area contributed by atoms with Crippen molar-refractivity contribution in [1.82, 2.24) is 4.98 Å². The van der Waals surface area contributed by atoms with Crippen molar-refractivity contribution < 1.29 is 14.0 Å². The van der Waals surface area contributed by atoms with Crippen LogP contribution in [-0.2, 0) is 0 Å². The van der Waals surface area contributed by atoms with Crippen LogP contribution in [0.1, 0.15) is 10.6 Å². The van der Waals surface area contributed by atoms with E-state index < -0.39 is 6.03 Å². The average Bonchev–Trinajstić information content (AvgIpc) is 3.29. The lowest BCUT2D eigenvalue weighted by atomic mass is 10.2. The van der Waals surface area contributed by atoms with Crippen LogP contribution in [0.2, 0.25) is 0 Å². The Bertz CT molecular complexity index is 1100. The largest absolute Gasteiger partial charge is 0.448 e. The fourth-order valence-electron chi connectivity index (χ4n) is 2.52. The van der Waals surface area contributed by atoms with Gasteiger partial charge in [-0.3, -0.25) is 4.79 Å². The van der Waals surface area contributed by atoms with Crippen LogP contribution in [0.3, 0.4) is 0 Å². The number of nitrogens with two attached hydrogens (primary N) is 1. The Balaban J connectivity index is 1.49. The topological polar surface area (TPSA) is 110 Å². The van der Waals surface area contributed by atoms with Gasteiger partial charge >= 0.3 is 6.03 Å². The van der Waals surface area contributed by atoms with Crippen molar-refractivity contribution in [2.24, 2.45) is 5.73 Å². The quantitative estimate of drug-likeness (QED) is 0.492. The maximum atomic E-state index is 12.4. The number of nitrogens with one attached hydrogen (secondary N) is 2.